The van der Waals surface area contributed by atoms with E-state index in [-0.39, 0.29) is 17.9 Å². The number of amides is 2. The molecule has 0 bridgehead atoms. The Morgan fingerprint density at radius 1 is 1.17 bits per heavy atom. The molecule has 5 nitrogen and oxygen atoms in total. The van der Waals surface area contributed by atoms with E-state index in [1.54, 1.807) is 14.0 Å². The molecule has 1 fully saturated rings. The van der Waals surface area contributed by atoms with Gasteiger partial charge in [0.15, 0.2) is 0 Å². The van der Waals surface area contributed by atoms with Crippen LogP contribution < -0.4 is 4.74 Å². The van der Waals surface area contributed by atoms with Crippen molar-refractivity contribution in [3.8, 4) is 5.75 Å². The second-order valence-corrected chi connectivity index (χ2v) is 6.54. The lowest BCUT2D eigenvalue weighted by Gasteiger charge is -2.41. The molecule has 1 saturated heterocycles. The number of hydrogen-bond donors (Lipinski definition) is 0. The van der Waals surface area contributed by atoms with Crippen LogP contribution in [0.1, 0.15) is 28.9 Å². The molecule has 3 rings (SSSR count). The number of hydrogen-bond acceptors (Lipinski definition) is 4. The number of thiophene rings is 1. The van der Waals surface area contributed by atoms with E-state index in [0.29, 0.717) is 25.2 Å². The van der Waals surface area contributed by atoms with E-state index in [1.807, 2.05) is 50.9 Å². The molecule has 2 heterocycles. The normalized spacial score (nSPS) is 17.7. The predicted molar refractivity (Wildman–Crippen MR) is 93.3 cm³/mol. The van der Waals surface area contributed by atoms with Gasteiger partial charge in [0.05, 0.1) is 18.7 Å². The molecule has 0 N–H and O–H groups in total. The summed E-state index contributed by atoms with van der Waals surface area (Å²) in [6.07, 6.45) is 0. The third-order valence-electron chi connectivity index (χ3n) is 4.34. The Kier molecular flexibility index (Phi) is 4.85. The van der Waals surface area contributed by atoms with E-state index < -0.39 is 0 Å². The highest BCUT2D eigenvalue weighted by molar-refractivity contribution is 7.08. The van der Waals surface area contributed by atoms with Crippen LogP contribution in [0.2, 0.25) is 0 Å². The van der Waals surface area contributed by atoms with Gasteiger partial charge in [0.2, 0.25) is 5.91 Å². The van der Waals surface area contributed by atoms with Crippen LogP contribution in [0, 0.1) is 0 Å². The third-order valence-corrected chi connectivity index (χ3v) is 5.02. The minimum absolute atomic E-state index is 0.0259. The Morgan fingerprint density at radius 2 is 1.92 bits per heavy atom. The molecule has 1 aliphatic heterocycles. The van der Waals surface area contributed by atoms with Crippen LogP contribution in [0.3, 0.4) is 0 Å². The largest absolute Gasteiger partial charge is 0.497 e. The number of carbonyl (C=O) groups is 2. The van der Waals surface area contributed by atoms with Gasteiger partial charge in [-0.05, 0) is 29.1 Å². The van der Waals surface area contributed by atoms with Crippen molar-refractivity contribution in [3.63, 3.8) is 0 Å². The summed E-state index contributed by atoms with van der Waals surface area (Å²) >= 11 is 1.51. The topological polar surface area (TPSA) is 49.9 Å². The van der Waals surface area contributed by atoms with Crippen molar-refractivity contribution in [2.75, 3.05) is 26.7 Å². The standard InChI is InChI=1S/C18H20N2O3S/c1-13(21)20-9-8-19(18(22)15-7-10-24-12-15)11-17(20)14-3-5-16(23-2)6-4-14/h3-7,10,12,17H,8-9,11H2,1-2H3/t17-/m1/s1. The van der Waals surface area contributed by atoms with Gasteiger partial charge in [-0.1, -0.05) is 12.1 Å². The molecule has 2 aromatic rings. The highest BCUT2D eigenvalue weighted by Gasteiger charge is 2.32. The van der Waals surface area contributed by atoms with Crippen molar-refractivity contribution < 1.29 is 14.3 Å². The van der Waals surface area contributed by atoms with Gasteiger partial charge >= 0.3 is 0 Å². The first-order chi connectivity index (χ1) is 11.6. The molecule has 0 radical (unpaired) electrons. The average molecular weight is 344 g/mol. The zero-order chi connectivity index (χ0) is 17.1. The first-order valence-corrected chi connectivity index (χ1v) is 8.77. The number of benzene rings is 1. The van der Waals surface area contributed by atoms with Crippen LogP contribution >= 0.6 is 11.3 Å². The summed E-state index contributed by atoms with van der Waals surface area (Å²) in [6, 6.07) is 9.38. The van der Waals surface area contributed by atoms with Gasteiger partial charge in [-0.25, -0.2) is 0 Å². The van der Waals surface area contributed by atoms with Gasteiger partial charge in [0, 0.05) is 31.9 Å². The number of rotatable bonds is 3. The Balaban J connectivity index is 1.84. The van der Waals surface area contributed by atoms with E-state index in [1.165, 1.54) is 11.3 Å². The molecule has 1 aromatic heterocycles. The molecule has 0 spiro atoms. The summed E-state index contributed by atoms with van der Waals surface area (Å²) in [5, 5.41) is 3.77. The fourth-order valence-electron chi connectivity index (χ4n) is 3.02. The van der Waals surface area contributed by atoms with Crippen LogP contribution in [-0.2, 0) is 4.79 Å². The summed E-state index contributed by atoms with van der Waals surface area (Å²) in [5.74, 6) is 0.826. The molecule has 0 unspecified atom stereocenters. The van der Waals surface area contributed by atoms with Crippen LogP contribution in [0.15, 0.2) is 41.1 Å². The molecule has 1 atom stereocenters. The highest BCUT2D eigenvalue weighted by Crippen LogP contribution is 2.28. The van der Waals surface area contributed by atoms with Crippen molar-refractivity contribution in [1.29, 1.82) is 0 Å². The van der Waals surface area contributed by atoms with Crippen molar-refractivity contribution in [3.05, 3.63) is 52.2 Å². The SMILES string of the molecule is COc1ccc([C@H]2CN(C(=O)c3ccsc3)CCN2C(C)=O)cc1. The Morgan fingerprint density at radius 3 is 2.50 bits per heavy atom. The Bertz CT molecular complexity index is 712. The number of nitrogens with zero attached hydrogens (tertiary/aromatic N) is 2. The number of ether oxygens (including phenoxy) is 1. The smallest absolute Gasteiger partial charge is 0.254 e. The molecular weight excluding hydrogens is 324 g/mol. The van der Waals surface area contributed by atoms with Gasteiger partial charge in [-0.3, -0.25) is 9.59 Å². The highest BCUT2D eigenvalue weighted by atomic mass is 32.1. The minimum atomic E-state index is -0.134. The first-order valence-electron chi connectivity index (χ1n) is 7.83. The third kappa shape index (κ3) is 3.28. The second-order valence-electron chi connectivity index (χ2n) is 5.76. The Hall–Kier alpha value is -2.34. The molecule has 6 heteroatoms. The minimum Gasteiger partial charge on any atom is -0.497 e. The average Bonchev–Trinajstić information content (AvgIpc) is 3.15. The first kappa shape index (κ1) is 16.5. The molecule has 2 amide bonds. The molecular formula is C18H20N2O3S. The summed E-state index contributed by atoms with van der Waals surface area (Å²) in [6.45, 7) is 3.18. The maximum absolute atomic E-state index is 12.6. The lowest BCUT2D eigenvalue weighted by atomic mass is 10.0. The van der Waals surface area contributed by atoms with E-state index in [9.17, 15) is 9.59 Å². The van der Waals surface area contributed by atoms with E-state index in [4.69, 9.17) is 4.74 Å². The Labute approximate surface area is 145 Å². The van der Waals surface area contributed by atoms with Crippen LogP contribution in [0.25, 0.3) is 0 Å². The fraction of sp³-hybridized carbons (Fsp3) is 0.333. The van der Waals surface area contributed by atoms with E-state index in [2.05, 4.69) is 0 Å². The summed E-state index contributed by atoms with van der Waals surface area (Å²) in [5.41, 5.74) is 1.72. The number of methoxy groups -OCH3 is 1. The zero-order valence-electron chi connectivity index (χ0n) is 13.8. The van der Waals surface area contributed by atoms with Crippen molar-refractivity contribution in [1.82, 2.24) is 9.80 Å². The van der Waals surface area contributed by atoms with Crippen LogP contribution in [-0.4, -0.2) is 48.4 Å². The van der Waals surface area contributed by atoms with E-state index >= 15 is 0 Å². The molecule has 0 aliphatic carbocycles. The maximum Gasteiger partial charge on any atom is 0.254 e. The van der Waals surface area contributed by atoms with Gasteiger partial charge in [-0.15, -0.1) is 0 Å². The number of carbonyl (C=O) groups excluding carboxylic acids is 2. The van der Waals surface area contributed by atoms with Crippen molar-refractivity contribution in [2.45, 2.75) is 13.0 Å². The quantitative estimate of drug-likeness (QED) is 0.860. The van der Waals surface area contributed by atoms with Gasteiger partial charge in [0.25, 0.3) is 5.91 Å². The second kappa shape index (κ2) is 7.05. The molecule has 24 heavy (non-hydrogen) atoms. The number of piperazine rings is 1. The van der Waals surface area contributed by atoms with Gasteiger partial charge in [-0.2, -0.15) is 11.3 Å². The monoisotopic (exact) mass is 344 g/mol. The summed E-state index contributed by atoms with van der Waals surface area (Å²) < 4.78 is 5.20. The lowest BCUT2D eigenvalue weighted by molar-refractivity contribution is -0.133. The van der Waals surface area contributed by atoms with Crippen molar-refractivity contribution in [2.24, 2.45) is 0 Å². The summed E-state index contributed by atoms with van der Waals surface area (Å²) in [7, 11) is 1.62. The molecule has 0 saturated carbocycles. The zero-order valence-corrected chi connectivity index (χ0v) is 14.6. The van der Waals surface area contributed by atoms with Gasteiger partial charge in [0.1, 0.15) is 5.75 Å². The van der Waals surface area contributed by atoms with E-state index in [0.717, 1.165) is 11.3 Å². The van der Waals surface area contributed by atoms with Crippen LogP contribution in [0.4, 0.5) is 0 Å². The molecule has 126 valence electrons. The maximum atomic E-state index is 12.6. The summed E-state index contributed by atoms with van der Waals surface area (Å²) in [4.78, 5) is 28.3. The van der Waals surface area contributed by atoms with Crippen molar-refractivity contribution >= 4 is 23.2 Å². The fourth-order valence-corrected chi connectivity index (χ4v) is 3.65. The van der Waals surface area contributed by atoms with Crippen LogP contribution in [0.5, 0.6) is 5.75 Å². The molecule has 1 aliphatic rings. The van der Waals surface area contributed by atoms with Gasteiger partial charge < -0.3 is 14.5 Å². The molecule has 1 aromatic carbocycles. The lowest BCUT2D eigenvalue weighted by Crippen LogP contribution is -2.51. The predicted octanol–water partition coefficient (Wildman–Crippen LogP) is 2.80.